The van der Waals surface area contributed by atoms with Gasteiger partial charge in [-0.1, -0.05) is 54.1 Å². The van der Waals surface area contributed by atoms with Crippen LogP contribution >= 0.6 is 11.6 Å². The number of amides is 1. The molecule has 0 aromatic heterocycles. The topological polar surface area (TPSA) is 75.3 Å². The van der Waals surface area contributed by atoms with Crippen molar-refractivity contribution in [2.45, 2.75) is 0 Å². The highest BCUT2D eigenvalue weighted by molar-refractivity contribution is 7.95. The smallest absolute Gasteiger partial charge is 0.255 e. The number of anilines is 2. The van der Waals surface area contributed by atoms with Crippen molar-refractivity contribution in [1.82, 2.24) is 0 Å². The molecular formula is C21H17ClN2O3S. The maximum absolute atomic E-state index is 12.3. The summed E-state index contributed by atoms with van der Waals surface area (Å²) in [6, 6.07) is 22.1. The molecule has 28 heavy (non-hydrogen) atoms. The molecule has 142 valence electrons. The molecule has 0 heterocycles. The molecule has 0 fully saturated rings. The van der Waals surface area contributed by atoms with Crippen LogP contribution in [0.2, 0.25) is 5.02 Å². The first-order valence-corrected chi connectivity index (χ1v) is 10.3. The molecule has 0 unspecified atom stereocenters. The van der Waals surface area contributed by atoms with Crippen molar-refractivity contribution >= 4 is 45.0 Å². The van der Waals surface area contributed by atoms with Crippen molar-refractivity contribution in [3.05, 3.63) is 100 Å². The molecule has 0 saturated carbocycles. The van der Waals surface area contributed by atoms with Crippen molar-refractivity contribution in [3.8, 4) is 0 Å². The molecule has 0 atom stereocenters. The molecule has 0 aliphatic rings. The number of carbonyl (C=O) groups is 1. The highest BCUT2D eigenvalue weighted by Gasteiger charge is 2.10. The third-order valence-corrected chi connectivity index (χ3v) is 5.11. The largest absolute Gasteiger partial charge is 0.321 e. The fourth-order valence-corrected chi connectivity index (χ4v) is 3.43. The number of nitrogens with one attached hydrogen (secondary N) is 2. The third kappa shape index (κ3) is 5.45. The van der Waals surface area contributed by atoms with Gasteiger partial charge < -0.3 is 5.32 Å². The molecular weight excluding hydrogens is 396 g/mol. The Bertz CT molecular complexity index is 1100. The second-order valence-electron chi connectivity index (χ2n) is 5.87. The molecule has 3 aromatic rings. The van der Waals surface area contributed by atoms with E-state index < -0.39 is 10.0 Å². The van der Waals surface area contributed by atoms with Gasteiger partial charge in [0.2, 0.25) is 0 Å². The van der Waals surface area contributed by atoms with Crippen molar-refractivity contribution in [1.29, 1.82) is 0 Å². The van der Waals surface area contributed by atoms with E-state index in [-0.39, 0.29) is 5.91 Å². The molecule has 0 radical (unpaired) electrons. The van der Waals surface area contributed by atoms with Gasteiger partial charge in [-0.05, 0) is 48.0 Å². The lowest BCUT2D eigenvalue weighted by Gasteiger charge is -2.08. The van der Waals surface area contributed by atoms with E-state index in [1.165, 1.54) is 30.3 Å². The fourth-order valence-electron chi connectivity index (χ4n) is 2.38. The Morgan fingerprint density at radius 2 is 1.50 bits per heavy atom. The van der Waals surface area contributed by atoms with E-state index in [1.54, 1.807) is 36.4 Å². The molecule has 5 nitrogen and oxygen atoms in total. The number of benzene rings is 3. The summed E-state index contributed by atoms with van der Waals surface area (Å²) < 4.78 is 26.8. The van der Waals surface area contributed by atoms with Gasteiger partial charge in [0.15, 0.2) is 0 Å². The lowest BCUT2D eigenvalue weighted by atomic mass is 10.2. The Morgan fingerprint density at radius 3 is 2.18 bits per heavy atom. The monoisotopic (exact) mass is 412 g/mol. The zero-order valence-electron chi connectivity index (χ0n) is 14.7. The predicted octanol–water partition coefficient (Wildman–Crippen LogP) is 5.00. The molecule has 0 spiro atoms. The maximum atomic E-state index is 12.3. The summed E-state index contributed by atoms with van der Waals surface area (Å²) in [5.74, 6) is -0.341. The number of hydrogen-bond donors (Lipinski definition) is 2. The molecule has 3 rings (SSSR count). The van der Waals surface area contributed by atoms with Gasteiger partial charge >= 0.3 is 0 Å². The normalized spacial score (nSPS) is 11.3. The lowest BCUT2D eigenvalue weighted by Crippen LogP contribution is -2.13. The first-order chi connectivity index (χ1) is 13.4. The van der Waals surface area contributed by atoms with Crippen LogP contribution < -0.4 is 10.0 Å². The minimum absolute atomic E-state index is 0.341. The van der Waals surface area contributed by atoms with Crippen LogP contribution in [-0.2, 0) is 10.0 Å². The van der Waals surface area contributed by atoms with Gasteiger partial charge in [-0.25, -0.2) is 8.42 Å². The van der Waals surface area contributed by atoms with Gasteiger partial charge in [-0.3, -0.25) is 9.52 Å². The highest BCUT2D eigenvalue weighted by Crippen LogP contribution is 2.21. The van der Waals surface area contributed by atoms with Crippen LogP contribution in [-0.4, -0.2) is 14.3 Å². The fraction of sp³-hybridized carbons (Fsp3) is 0. The third-order valence-electron chi connectivity index (χ3n) is 3.77. The summed E-state index contributed by atoms with van der Waals surface area (Å²) in [4.78, 5) is 12.3. The Labute approximate surface area is 168 Å². The molecule has 0 bridgehead atoms. The van der Waals surface area contributed by atoms with E-state index in [4.69, 9.17) is 11.6 Å². The number of rotatable bonds is 6. The van der Waals surface area contributed by atoms with E-state index in [9.17, 15) is 13.2 Å². The minimum Gasteiger partial charge on any atom is -0.321 e. The van der Waals surface area contributed by atoms with E-state index in [1.807, 2.05) is 18.2 Å². The van der Waals surface area contributed by atoms with E-state index >= 15 is 0 Å². The Kier molecular flexibility index (Phi) is 6.13. The summed E-state index contributed by atoms with van der Waals surface area (Å²) >= 11 is 6.03. The molecule has 7 heteroatoms. The summed E-state index contributed by atoms with van der Waals surface area (Å²) in [5, 5.41) is 4.25. The quantitative estimate of drug-likeness (QED) is 0.597. The van der Waals surface area contributed by atoms with Crippen LogP contribution in [0.1, 0.15) is 15.9 Å². The standard InChI is InChI=1S/C21H17ClN2O3S/c22-19-8-4-5-9-20(19)23-21(25)17-10-12-18(13-11-17)24-28(26,27)15-14-16-6-2-1-3-7-16/h1-15,24H,(H,23,25)/b15-14+. The van der Waals surface area contributed by atoms with Gasteiger partial charge in [0.25, 0.3) is 15.9 Å². The lowest BCUT2D eigenvalue weighted by molar-refractivity contribution is 0.102. The van der Waals surface area contributed by atoms with Crippen LogP contribution in [0, 0.1) is 0 Å². The Hall–Kier alpha value is -3.09. The van der Waals surface area contributed by atoms with Crippen LogP contribution in [0.15, 0.2) is 84.3 Å². The van der Waals surface area contributed by atoms with Gasteiger partial charge in [0.1, 0.15) is 0 Å². The van der Waals surface area contributed by atoms with E-state index in [2.05, 4.69) is 10.0 Å². The summed E-state index contributed by atoms with van der Waals surface area (Å²) in [5.41, 5.74) is 2.01. The highest BCUT2D eigenvalue weighted by atomic mass is 35.5. The number of carbonyl (C=O) groups excluding carboxylic acids is 1. The van der Waals surface area contributed by atoms with Crippen molar-refractivity contribution in [2.24, 2.45) is 0 Å². The van der Waals surface area contributed by atoms with Crippen LogP contribution in [0.25, 0.3) is 6.08 Å². The van der Waals surface area contributed by atoms with Crippen molar-refractivity contribution in [2.75, 3.05) is 10.0 Å². The Morgan fingerprint density at radius 1 is 0.857 bits per heavy atom. The van der Waals surface area contributed by atoms with E-state index in [0.717, 1.165) is 11.0 Å². The molecule has 0 aliphatic heterocycles. The summed E-state index contributed by atoms with van der Waals surface area (Å²) in [6.45, 7) is 0. The zero-order chi connectivity index (χ0) is 20.0. The molecule has 1 amide bonds. The zero-order valence-corrected chi connectivity index (χ0v) is 16.2. The molecule has 0 aliphatic carbocycles. The average Bonchev–Trinajstić information content (AvgIpc) is 2.69. The first-order valence-electron chi connectivity index (χ1n) is 8.35. The number of para-hydroxylation sites is 1. The molecule has 0 saturated heterocycles. The van der Waals surface area contributed by atoms with Gasteiger partial charge in [-0.15, -0.1) is 0 Å². The van der Waals surface area contributed by atoms with Crippen molar-refractivity contribution in [3.63, 3.8) is 0 Å². The summed E-state index contributed by atoms with van der Waals surface area (Å²) in [6.07, 6.45) is 1.51. The second kappa shape index (κ2) is 8.73. The van der Waals surface area contributed by atoms with Gasteiger partial charge in [0.05, 0.1) is 16.1 Å². The van der Waals surface area contributed by atoms with Crippen LogP contribution in [0.5, 0.6) is 0 Å². The first kappa shape index (κ1) is 19.7. The Balaban J connectivity index is 1.66. The second-order valence-corrected chi connectivity index (χ2v) is 7.85. The molecule has 2 N–H and O–H groups in total. The number of hydrogen-bond acceptors (Lipinski definition) is 3. The van der Waals surface area contributed by atoms with Crippen LogP contribution in [0.3, 0.4) is 0 Å². The van der Waals surface area contributed by atoms with Gasteiger partial charge in [-0.2, -0.15) is 0 Å². The number of halogens is 1. The SMILES string of the molecule is O=C(Nc1ccccc1Cl)c1ccc(NS(=O)(=O)/C=C/c2ccccc2)cc1. The number of sulfonamides is 1. The van der Waals surface area contributed by atoms with E-state index in [0.29, 0.717) is 22.0 Å². The van der Waals surface area contributed by atoms with Crippen LogP contribution in [0.4, 0.5) is 11.4 Å². The molecule has 3 aromatic carbocycles. The van der Waals surface area contributed by atoms with Crippen molar-refractivity contribution < 1.29 is 13.2 Å². The minimum atomic E-state index is -3.67. The van der Waals surface area contributed by atoms with Gasteiger partial charge in [0, 0.05) is 11.3 Å². The summed E-state index contributed by atoms with van der Waals surface area (Å²) in [7, 11) is -3.67. The average molecular weight is 413 g/mol. The maximum Gasteiger partial charge on any atom is 0.255 e. The predicted molar refractivity (Wildman–Crippen MR) is 114 cm³/mol.